The molecule has 1 saturated carbocycles. The standard InChI is InChI=1S/C14H25N3O2.ClH/c1-15-12-4-3-9-17(10-12)13(18)5-2-8-16-14(19)11-6-7-11;/h11-12,15H,2-10H2,1H3,(H,16,19);1H. The molecule has 0 aromatic carbocycles. The smallest absolute Gasteiger partial charge is 0.223 e. The highest BCUT2D eigenvalue weighted by Gasteiger charge is 2.29. The van der Waals surface area contributed by atoms with Crippen molar-refractivity contribution in [2.24, 2.45) is 5.92 Å². The second kappa shape index (κ2) is 8.47. The van der Waals surface area contributed by atoms with Gasteiger partial charge in [-0.05, 0) is 39.2 Å². The molecule has 1 aliphatic carbocycles. The lowest BCUT2D eigenvalue weighted by Gasteiger charge is -2.32. The Morgan fingerprint density at radius 3 is 2.65 bits per heavy atom. The SMILES string of the molecule is CNC1CCCN(C(=O)CCCNC(=O)C2CC2)C1.Cl. The molecule has 1 aliphatic heterocycles. The van der Waals surface area contributed by atoms with Gasteiger partial charge in [0.05, 0.1) is 0 Å². The van der Waals surface area contributed by atoms with E-state index in [0.717, 1.165) is 45.2 Å². The van der Waals surface area contributed by atoms with Crippen molar-refractivity contribution < 1.29 is 9.59 Å². The lowest BCUT2D eigenvalue weighted by molar-refractivity contribution is -0.132. The van der Waals surface area contributed by atoms with Crippen LogP contribution in [0.4, 0.5) is 0 Å². The lowest BCUT2D eigenvalue weighted by Crippen LogP contribution is -2.47. The minimum Gasteiger partial charge on any atom is -0.356 e. The molecule has 1 heterocycles. The summed E-state index contributed by atoms with van der Waals surface area (Å²) in [5.74, 6) is 0.649. The van der Waals surface area contributed by atoms with Gasteiger partial charge in [0.1, 0.15) is 0 Å². The summed E-state index contributed by atoms with van der Waals surface area (Å²) in [6.45, 7) is 2.33. The van der Waals surface area contributed by atoms with Crippen LogP contribution < -0.4 is 10.6 Å². The van der Waals surface area contributed by atoms with Crippen molar-refractivity contribution in [1.29, 1.82) is 0 Å². The number of hydrogen-bond donors (Lipinski definition) is 2. The molecule has 0 bridgehead atoms. The van der Waals surface area contributed by atoms with Crippen molar-refractivity contribution in [2.75, 3.05) is 26.7 Å². The Kier molecular flexibility index (Phi) is 7.30. The molecule has 116 valence electrons. The number of nitrogens with zero attached hydrogens (tertiary/aromatic N) is 1. The molecular weight excluding hydrogens is 278 g/mol. The molecule has 5 nitrogen and oxygen atoms in total. The summed E-state index contributed by atoms with van der Waals surface area (Å²) >= 11 is 0. The van der Waals surface area contributed by atoms with Crippen molar-refractivity contribution in [2.45, 2.75) is 44.6 Å². The second-order valence-corrected chi connectivity index (χ2v) is 5.64. The van der Waals surface area contributed by atoms with Crippen LogP contribution >= 0.6 is 12.4 Å². The Bertz CT molecular complexity index is 334. The fraction of sp³-hybridized carbons (Fsp3) is 0.857. The lowest BCUT2D eigenvalue weighted by atomic mass is 10.1. The van der Waals surface area contributed by atoms with Gasteiger partial charge in [-0.1, -0.05) is 0 Å². The molecule has 0 aromatic heterocycles. The number of likely N-dealkylation sites (tertiary alicyclic amines) is 1. The summed E-state index contributed by atoms with van der Waals surface area (Å²) in [5, 5.41) is 6.14. The molecule has 0 aromatic rings. The van der Waals surface area contributed by atoms with Crippen LogP contribution in [-0.4, -0.2) is 49.4 Å². The van der Waals surface area contributed by atoms with E-state index in [1.807, 2.05) is 11.9 Å². The molecule has 2 N–H and O–H groups in total. The van der Waals surface area contributed by atoms with Gasteiger partial charge in [-0.25, -0.2) is 0 Å². The Morgan fingerprint density at radius 2 is 2.00 bits per heavy atom. The highest BCUT2D eigenvalue weighted by atomic mass is 35.5. The number of nitrogens with one attached hydrogen (secondary N) is 2. The van der Waals surface area contributed by atoms with E-state index >= 15 is 0 Å². The Labute approximate surface area is 127 Å². The normalized spacial score (nSPS) is 22.1. The van der Waals surface area contributed by atoms with Gasteiger partial charge in [0, 0.05) is 38.0 Å². The average molecular weight is 304 g/mol. The number of halogens is 1. The Hall–Kier alpha value is -0.810. The second-order valence-electron chi connectivity index (χ2n) is 5.64. The van der Waals surface area contributed by atoms with Gasteiger partial charge in [0.25, 0.3) is 0 Å². The fourth-order valence-electron chi connectivity index (χ4n) is 2.54. The van der Waals surface area contributed by atoms with Crippen molar-refractivity contribution in [3.05, 3.63) is 0 Å². The fourth-order valence-corrected chi connectivity index (χ4v) is 2.54. The van der Waals surface area contributed by atoms with Crippen LogP contribution in [0.25, 0.3) is 0 Å². The predicted octanol–water partition coefficient (Wildman–Crippen LogP) is 0.925. The minimum absolute atomic E-state index is 0. The molecule has 2 fully saturated rings. The summed E-state index contributed by atoms with van der Waals surface area (Å²) in [4.78, 5) is 25.4. The van der Waals surface area contributed by atoms with Crippen LogP contribution in [0, 0.1) is 5.92 Å². The van der Waals surface area contributed by atoms with Crippen LogP contribution in [0.5, 0.6) is 0 Å². The van der Waals surface area contributed by atoms with Gasteiger partial charge in [-0.15, -0.1) is 12.4 Å². The molecule has 2 amide bonds. The number of rotatable bonds is 6. The third-order valence-corrected chi connectivity index (χ3v) is 4.00. The summed E-state index contributed by atoms with van der Waals surface area (Å²) in [7, 11) is 1.95. The van der Waals surface area contributed by atoms with Gasteiger partial charge in [0.15, 0.2) is 0 Å². The quantitative estimate of drug-likeness (QED) is 0.718. The first kappa shape index (κ1) is 17.2. The van der Waals surface area contributed by atoms with Crippen LogP contribution in [0.15, 0.2) is 0 Å². The van der Waals surface area contributed by atoms with Gasteiger partial charge in [0.2, 0.25) is 11.8 Å². The van der Waals surface area contributed by atoms with Crippen molar-refractivity contribution >= 4 is 24.2 Å². The molecule has 0 spiro atoms. The molecule has 6 heteroatoms. The maximum atomic E-state index is 12.0. The summed E-state index contributed by atoms with van der Waals surface area (Å²) in [6, 6.07) is 0.437. The number of likely N-dealkylation sites (N-methyl/N-ethyl adjacent to an activating group) is 1. The van der Waals surface area contributed by atoms with E-state index in [1.165, 1.54) is 0 Å². The third-order valence-electron chi connectivity index (χ3n) is 4.00. The number of carbonyl (C=O) groups is 2. The van der Waals surface area contributed by atoms with E-state index in [0.29, 0.717) is 19.0 Å². The first-order valence-corrected chi connectivity index (χ1v) is 7.43. The zero-order valence-corrected chi connectivity index (χ0v) is 13.0. The highest BCUT2D eigenvalue weighted by Crippen LogP contribution is 2.28. The maximum Gasteiger partial charge on any atom is 0.223 e. The largest absolute Gasteiger partial charge is 0.356 e. The third kappa shape index (κ3) is 5.29. The number of carbonyl (C=O) groups excluding carboxylic acids is 2. The zero-order valence-electron chi connectivity index (χ0n) is 12.2. The van der Waals surface area contributed by atoms with Crippen LogP contribution in [0.2, 0.25) is 0 Å². The summed E-state index contributed by atoms with van der Waals surface area (Å²) < 4.78 is 0. The first-order chi connectivity index (χ1) is 9.20. The van der Waals surface area contributed by atoms with Gasteiger partial charge >= 0.3 is 0 Å². The number of amides is 2. The number of piperidine rings is 1. The maximum absolute atomic E-state index is 12.0. The Balaban J connectivity index is 0.00000200. The molecule has 1 atom stereocenters. The summed E-state index contributed by atoms with van der Waals surface area (Å²) in [5.41, 5.74) is 0. The monoisotopic (exact) mass is 303 g/mol. The Morgan fingerprint density at radius 1 is 1.25 bits per heavy atom. The molecule has 1 unspecified atom stereocenters. The van der Waals surface area contributed by atoms with E-state index < -0.39 is 0 Å². The van der Waals surface area contributed by atoms with Crippen molar-refractivity contribution in [3.8, 4) is 0 Å². The predicted molar refractivity (Wildman–Crippen MR) is 80.9 cm³/mol. The van der Waals surface area contributed by atoms with E-state index in [9.17, 15) is 9.59 Å². The van der Waals surface area contributed by atoms with Crippen LogP contribution in [-0.2, 0) is 9.59 Å². The molecule has 2 aliphatic rings. The van der Waals surface area contributed by atoms with E-state index in [-0.39, 0.29) is 30.1 Å². The molecular formula is C14H26ClN3O2. The molecule has 20 heavy (non-hydrogen) atoms. The summed E-state index contributed by atoms with van der Waals surface area (Å²) in [6.07, 6.45) is 5.58. The molecule has 1 saturated heterocycles. The van der Waals surface area contributed by atoms with E-state index in [4.69, 9.17) is 0 Å². The van der Waals surface area contributed by atoms with Gasteiger partial charge in [-0.3, -0.25) is 9.59 Å². The van der Waals surface area contributed by atoms with Gasteiger partial charge in [-0.2, -0.15) is 0 Å². The molecule has 0 radical (unpaired) electrons. The van der Waals surface area contributed by atoms with Crippen molar-refractivity contribution in [3.63, 3.8) is 0 Å². The molecule has 2 rings (SSSR count). The first-order valence-electron chi connectivity index (χ1n) is 7.43. The number of hydrogen-bond acceptors (Lipinski definition) is 3. The minimum atomic E-state index is 0. The highest BCUT2D eigenvalue weighted by molar-refractivity contribution is 5.85. The average Bonchev–Trinajstić information content (AvgIpc) is 3.27. The van der Waals surface area contributed by atoms with E-state index in [1.54, 1.807) is 0 Å². The zero-order chi connectivity index (χ0) is 13.7. The van der Waals surface area contributed by atoms with Crippen LogP contribution in [0.3, 0.4) is 0 Å². The van der Waals surface area contributed by atoms with Gasteiger partial charge < -0.3 is 15.5 Å². The topological polar surface area (TPSA) is 61.4 Å². The van der Waals surface area contributed by atoms with Crippen LogP contribution in [0.1, 0.15) is 38.5 Å². The van der Waals surface area contributed by atoms with E-state index in [2.05, 4.69) is 10.6 Å². The van der Waals surface area contributed by atoms with Crippen molar-refractivity contribution in [1.82, 2.24) is 15.5 Å².